The molecule has 0 fully saturated rings. The minimum absolute atomic E-state index is 0.871. The van der Waals surface area contributed by atoms with Crippen molar-refractivity contribution in [1.82, 2.24) is 15.0 Å². The molecule has 0 aliphatic carbocycles. The molecule has 0 spiro atoms. The predicted octanol–water partition coefficient (Wildman–Crippen LogP) is 2.09. The minimum Gasteiger partial charge on any atom is -0.497 e. The van der Waals surface area contributed by atoms with E-state index in [1.165, 1.54) is 11.3 Å². The van der Waals surface area contributed by atoms with Crippen molar-refractivity contribution in [3.63, 3.8) is 0 Å². The van der Waals surface area contributed by atoms with Crippen molar-refractivity contribution in [1.29, 1.82) is 0 Å². The Labute approximate surface area is 101 Å². The van der Waals surface area contributed by atoms with Gasteiger partial charge in [-0.1, -0.05) is 24.3 Å². The van der Waals surface area contributed by atoms with Crippen LogP contribution >= 0.6 is 0 Å². The Morgan fingerprint density at radius 1 is 1.24 bits per heavy atom. The zero-order valence-corrected chi connectivity index (χ0v) is 10.3. The lowest BCUT2D eigenvalue weighted by Gasteiger charge is -2.05. The number of hydrogen-bond donors (Lipinski definition) is 0. The van der Waals surface area contributed by atoms with Crippen molar-refractivity contribution in [2.24, 2.45) is 0 Å². The van der Waals surface area contributed by atoms with Crippen molar-refractivity contribution in [3.05, 3.63) is 41.7 Å². The highest BCUT2D eigenvalue weighted by molar-refractivity contribution is 5.27. The van der Waals surface area contributed by atoms with Gasteiger partial charge in [0.05, 0.1) is 19.0 Å². The quantitative estimate of drug-likeness (QED) is 0.791. The molecular formula is C13H17N3O. The van der Waals surface area contributed by atoms with Crippen LogP contribution in [0.15, 0.2) is 30.5 Å². The molecule has 0 atom stereocenters. The summed E-state index contributed by atoms with van der Waals surface area (Å²) in [4.78, 5) is 0. The van der Waals surface area contributed by atoms with Gasteiger partial charge < -0.3 is 4.74 Å². The zero-order valence-electron chi connectivity index (χ0n) is 10.3. The maximum atomic E-state index is 5.13. The van der Waals surface area contributed by atoms with E-state index in [9.17, 15) is 0 Å². The number of ether oxygens (including phenoxy) is 1. The average Bonchev–Trinajstić information content (AvgIpc) is 2.84. The molecule has 4 heteroatoms. The fourth-order valence-electron chi connectivity index (χ4n) is 1.77. The van der Waals surface area contributed by atoms with E-state index in [2.05, 4.69) is 29.4 Å². The van der Waals surface area contributed by atoms with Crippen LogP contribution in [0.1, 0.15) is 18.2 Å². The number of methoxy groups -OCH3 is 1. The highest BCUT2D eigenvalue weighted by atomic mass is 16.5. The van der Waals surface area contributed by atoms with E-state index in [4.69, 9.17) is 4.74 Å². The van der Waals surface area contributed by atoms with Crippen molar-refractivity contribution >= 4 is 0 Å². The molecule has 2 aromatic rings. The normalized spacial score (nSPS) is 10.5. The second kappa shape index (κ2) is 5.48. The molecular weight excluding hydrogens is 214 g/mol. The molecule has 1 aromatic heterocycles. The van der Waals surface area contributed by atoms with Crippen molar-refractivity contribution in [2.45, 2.75) is 26.3 Å². The summed E-state index contributed by atoms with van der Waals surface area (Å²) in [6.07, 6.45) is 3.75. The Hall–Kier alpha value is -1.84. The van der Waals surface area contributed by atoms with Crippen LogP contribution in [0, 0.1) is 0 Å². The Morgan fingerprint density at radius 2 is 2.00 bits per heavy atom. The maximum absolute atomic E-state index is 5.13. The van der Waals surface area contributed by atoms with Crippen molar-refractivity contribution in [2.75, 3.05) is 7.11 Å². The molecule has 0 radical (unpaired) electrons. The predicted molar refractivity (Wildman–Crippen MR) is 66.1 cm³/mol. The summed E-state index contributed by atoms with van der Waals surface area (Å²) in [6, 6.07) is 8.14. The summed E-state index contributed by atoms with van der Waals surface area (Å²) in [5.74, 6) is 0.892. The van der Waals surface area contributed by atoms with Gasteiger partial charge in [0, 0.05) is 6.54 Å². The number of aromatic nitrogens is 3. The summed E-state index contributed by atoms with van der Waals surface area (Å²) >= 11 is 0. The van der Waals surface area contributed by atoms with Gasteiger partial charge in [0.15, 0.2) is 0 Å². The molecule has 1 aromatic carbocycles. The van der Waals surface area contributed by atoms with Crippen LogP contribution in [-0.4, -0.2) is 22.1 Å². The fourth-order valence-corrected chi connectivity index (χ4v) is 1.77. The topological polar surface area (TPSA) is 39.9 Å². The molecule has 0 bridgehead atoms. The first-order valence-electron chi connectivity index (χ1n) is 5.83. The van der Waals surface area contributed by atoms with E-state index in [0.29, 0.717) is 0 Å². The first-order valence-corrected chi connectivity index (χ1v) is 5.83. The van der Waals surface area contributed by atoms with Gasteiger partial charge in [-0.3, -0.25) is 0 Å². The first-order chi connectivity index (χ1) is 8.33. The van der Waals surface area contributed by atoms with Gasteiger partial charge in [-0.2, -0.15) is 0 Å². The SMILES string of the molecule is CCc1cnnn1CCc1ccc(OC)cc1. The summed E-state index contributed by atoms with van der Waals surface area (Å²) in [5, 5.41) is 8.00. The van der Waals surface area contributed by atoms with Crippen LogP contribution < -0.4 is 4.74 Å². The molecule has 2 rings (SSSR count). The monoisotopic (exact) mass is 231 g/mol. The highest BCUT2D eigenvalue weighted by Crippen LogP contribution is 2.12. The van der Waals surface area contributed by atoms with Gasteiger partial charge in [0.1, 0.15) is 5.75 Å². The second-order valence-electron chi connectivity index (χ2n) is 3.90. The van der Waals surface area contributed by atoms with E-state index in [0.717, 1.165) is 25.1 Å². The van der Waals surface area contributed by atoms with Gasteiger partial charge >= 0.3 is 0 Å². The first kappa shape index (κ1) is 11.6. The highest BCUT2D eigenvalue weighted by Gasteiger charge is 2.01. The largest absolute Gasteiger partial charge is 0.497 e. The molecule has 0 unspecified atom stereocenters. The number of nitrogens with zero attached hydrogens (tertiary/aromatic N) is 3. The van der Waals surface area contributed by atoms with Crippen molar-refractivity contribution < 1.29 is 4.74 Å². The smallest absolute Gasteiger partial charge is 0.118 e. The summed E-state index contributed by atoms with van der Waals surface area (Å²) in [7, 11) is 1.68. The summed E-state index contributed by atoms with van der Waals surface area (Å²) in [5.41, 5.74) is 2.46. The zero-order chi connectivity index (χ0) is 12.1. The van der Waals surface area contributed by atoms with Crippen LogP contribution in [0.4, 0.5) is 0 Å². The molecule has 0 N–H and O–H groups in total. The van der Waals surface area contributed by atoms with E-state index in [-0.39, 0.29) is 0 Å². The maximum Gasteiger partial charge on any atom is 0.118 e. The molecule has 0 amide bonds. The molecule has 0 aliphatic rings. The summed E-state index contributed by atoms with van der Waals surface area (Å²) < 4.78 is 7.09. The minimum atomic E-state index is 0.871. The number of hydrogen-bond acceptors (Lipinski definition) is 3. The molecule has 4 nitrogen and oxygen atoms in total. The lowest BCUT2D eigenvalue weighted by molar-refractivity contribution is 0.414. The van der Waals surface area contributed by atoms with Crippen LogP contribution in [-0.2, 0) is 19.4 Å². The van der Waals surface area contributed by atoms with Crippen LogP contribution in [0.2, 0.25) is 0 Å². The van der Waals surface area contributed by atoms with Crippen LogP contribution in [0.25, 0.3) is 0 Å². The van der Waals surface area contributed by atoms with Gasteiger partial charge in [-0.15, -0.1) is 5.10 Å². The molecule has 0 saturated heterocycles. The standard InChI is InChI=1S/C13H17N3O/c1-3-12-10-14-15-16(12)9-8-11-4-6-13(17-2)7-5-11/h4-7,10H,3,8-9H2,1-2H3. The summed E-state index contributed by atoms with van der Waals surface area (Å²) in [6.45, 7) is 2.98. The second-order valence-corrected chi connectivity index (χ2v) is 3.90. The third-order valence-corrected chi connectivity index (χ3v) is 2.83. The Kier molecular flexibility index (Phi) is 3.75. The fraction of sp³-hybridized carbons (Fsp3) is 0.385. The molecule has 90 valence electrons. The average molecular weight is 231 g/mol. The molecule has 1 heterocycles. The van der Waals surface area contributed by atoms with Crippen LogP contribution in [0.3, 0.4) is 0 Å². The number of aryl methyl sites for hydroxylation is 3. The van der Waals surface area contributed by atoms with Gasteiger partial charge in [0.2, 0.25) is 0 Å². The molecule has 0 aliphatic heterocycles. The van der Waals surface area contributed by atoms with E-state index in [1.54, 1.807) is 7.11 Å². The number of rotatable bonds is 5. The van der Waals surface area contributed by atoms with Gasteiger partial charge in [-0.05, 0) is 30.5 Å². The van der Waals surface area contributed by atoms with E-state index < -0.39 is 0 Å². The lowest BCUT2D eigenvalue weighted by atomic mass is 10.1. The third kappa shape index (κ3) is 2.84. The van der Waals surface area contributed by atoms with E-state index >= 15 is 0 Å². The van der Waals surface area contributed by atoms with Crippen LogP contribution in [0.5, 0.6) is 5.75 Å². The number of benzene rings is 1. The van der Waals surface area contributed by atoms with E-state index in [1.807, 2.05) is 23.0 Å². The Balaban J connectivity index is 1.97. The van der Waals surface area contributed by atoms with Gasteiger partial charge in [-0.25, -0.2) is 4.68 Å². The van der Waals surface area contributed by atoms with Crippen molar-refractivity contribution in [3.8, 4) is 5.75 Å². The Morgan fingerprint density at radius 3 is 2.65 bits per heavy atom. The molecule has 17 heavy (non-hydrogen) atoms. The molecule has 0 saturated carbocycles. The lowest BCUT2D eigenvalue weighted by Crippen LogP contribution is -2.06. The third-order valence-electron chi connectivity index (χ3n) is 2.83. The Bertz CT molecular complexity index is 462. The van der Waals surface area contributed by atoms with Gasteiger partial charge in [0.25, 0.3) is 0 Å².